The highest BCUT2D eigenvalue weighted by Gasteiger charge is 2.10. The molecule has 0 aliphatic carbocycles. The van der Waals surface area contributed by atoms with Crippen LogP contribution in [0.1, 0.15) is 0 Å². The summed E-state index contributed by atoms with van der Waals surface area (Å²) in [5.41, 5.74) is 5.33. The van der Waals surface area contributed by atoms with Crippen molar-refractivity contribution >= 4 is 29.0 Å². The lowest BCUT2D eigenvalue weighted by molar-refractivity contribution is 0.0797. The van der Waals surface area contributed by atoms with Crippen LogP contribution >= 0.6 is 23.2 Å². The van der Waals surface area contributed by atoms with E-state index in [2.05, 4.69) is 9.72 Å². The molecule has 0 atom stereocenters. The van der Waals surface area contributed by atoms with E-state index in [4.69, 9.17) is 28.9 Å². The topological polar surface area (TPSA) is 48.1 Å². The van der Waals surface area contributed by atoms with E-state index < -0.39 is 13.0 Å². The maximum Gasteiger partial charge on any atom is 0.272 e. The van der Waals surface area contributed by atoms with Crippen molar-refractivity contribution in [1.29, 1.82) is 0 Å². The van der Waals surface area contributed by atoms with Crippen LogP contribution < -0.4 is 10.5 Å². The molecule has 2 N–H and O–H groups in total. The Kier molecular flexibility index (Phi) is 3.71. The number of nitrogens with two attached hydrogens (primary N) is 1. The maximum absolute atomic E-state index is 11.8. The summed E-state index contributed by atoms with van der Waals surface area (Å²) in [6.45, 7) is -0.784. The molecule has 0 bridgehead atoms. The summed E-state index contributed by atoms with van der Waals surface area (Å²) in [6.07, 6.45) is -2.59. The van der Waals surface area contributed by atoms with E-state index in [-0.39, 0.29) is 21.7 Å². The number of hydrogen-bond donors (Lipinski definition) is 1. The average molecular weight is 243 g/mol. The van der Waals surface area contributed by atoms with Gasteiger partial charge in [-0.25, -0.2) is 8.78 Å². The molecular formula is C7H6Cl2F2N2O. The number of halogens is 4. The molecule has 0 saturated heterocycles. The van der Waals surface area contributed by atoms with Gasteiger partial charge >= 0.3 is 0 Å². The highest BCUT2D eigenvalue weighted by atomic mass is 35.5. The molecular weight excluding hydrogens is 237 g/mol. The molecule has 78 valence electrons. The molecule has 0 aliphatic heterocycles. The first-order valence-corrected chi connectivity index (χ1v) is 4.28. The first-order chi connectivity index (χ1) is 6.50. The predicted octanol–water partition coefficient (Wildman–Crippen LogP) is 2.61. The number of aromatic nitrogens is 1. The Hall–Kier alpha value is -0.810. The fourth-order valence-corrected chi connectivity index (χ4v) is 1.12. The lowest BCUT2D eigenvalue weighted by Gasteiger charge is -2.07. The van der Waals surface area contributed by atoms with Crippen molar-refractivity contribution < 1.29 is 13.5 Å². The Morgan fingerprint density at radius 2 is 2.07 bits per heavy atom. The van der Waals surface area contributed by atoms with Gasteiger partial charge in [-0.3, -0.25) is 0 Å². The molecule has 0 amide bonds. The molecule has 3 nitrogen and oxygen atoms in total. The van der Waals surface area contributed by atoms with Crippen molar-refractivity contribution in [3.05, 3.63) is 16.1 Å². The Morgan fingerprint density at radius 3 is 2.64 bits per heavy atom. The van der Waals surface area contributed by atoms with Crippen LogP contribution in [0.15, 0.2) is 6.07 Å². The molecule has 0 aromatic carbocycles. The van der Waals surface area contributed by atoms with Gasteiger partial charge in [0.1, 0.15) is 10.8 Å². The number of anilines is 1. The van der Waals surface area contributed by atoms with Crippen molar-refractivity contribution in [2.24, 2.45) is 0 Å². The SMILES string of the molecule is Nc1nc(OCC(F)F)c(Cl)cc1Cl. The van der Waals surface area contributed by atoms with Gasteiger partial charge in [-0.05, 0) is 6.07 Å². The third-order valence-corrected chi connectivity index (χ3v) is 1.84. The van der Waals surface area contributed by atoms with Crippen LogP contribution in [0.4, 0.5) is 14.6 Å². The van der Waals surface area contributed by atoms with E-state index in [0.717, 1.165) is 0 Å². The zero-order chi connectivity index (χ0) is 10.7. The van der Waals surface area contributed by atoms with Crippen LogP contribution in [0.3, 0.4) is 0 Å². The van der Waals surface area contributed by atoms with Gasteiger partial charge < -0.3 is 10.5 Å². The molecule has 7 heteroatoms. The number of pyridine rings is 1. The van der Waals surface area contributed by atoms with Gasteiger partial charge in [0.2, 0.25) is 5.88 Å². The van der Waals surface area contributed by atoms with Crippen LogP contribution in [0.25, 0.3) is 0 Å². The van der Waals surface area contributed by atoms with Gasteiger partial charge in [0.15, 0.2) is 6.61 Å². The first-order valence-electron chi connectivity index (χ1n) is 3.53. The van der Waals surface area contributed by atoms with Crippen molar-refractivity contribution in [3.8, 4) is 5.88 Å². The molecule has 1 aromatic rings. The molecule has 14 heavy (non-hydrogen) atoms. The summed E-state index contributed by atoms with van der Waals surface area (Å²) >= 11 is 11.2. The van der Waals surface area contributed by atoms with Crippen LogP contribution in [-0.4, -0.2) is 18.0 Å². The highest BCUT2D eigenvalue weighted by Crippen LogP contribution is 2.29. The molecule has 0 spiro atoms. The third kappa shape index (κ3) is 2.85. The van der Waals surface area contributed by atoms with Crippen molar-refractivity contribution in [2.45, 2.75) is 6.43 Å². The molecule has 0 fully saturated rings. The van der Waals surface area contributed by atoms with E-state index in [9.17, 15) is 8.78 Å². The molecule has 0 radical (unpaired) electrons. The largest absolute Gasteiger partial charge is 0.470 e. The Morgan fingerprint density at radius 1 is 1.43 bits per heavy atom. The van der Waals surface area contributed by atoms with Crippen molar-refractivity contribution in [1.82, 2.24) is 4.98 Å². The number of alkyl halides is 2. The Bertz CT molecular complexity index is 336. The molecule has 0 unspecified atom stereocenters. The summed E-state index contributed by atoms with van der Waals surface area (Å²) in [4.78, 5) is 3.60. The van der Waals surface area contributed by atoms with Crippen LogP contribution in [-0.2, 0) is 0 Å². The van der Waals surface area contributed by atoms with E-state index in [1.807, 2.05) is 0 Å². The molecule has 1 rings (SSSR count). The summed E-state index contributed by atoms with van der Waals surface area (Å²) < 4.78 is 28.2. The maximum atomic E-state index is 11.8. The zero-order valence-electron chi connectivity index (χ0n) is 6.81. The lowest BCUT2D eigenvalue weighted by Crippen LogP contribution is -2.09. The predicted molar refractivity (Wildman–Crippen MR) is 50.2 cm³/mol. The van der Waals surface area contributed by atoms with Gasteiger partial charge in [-0.1, -0.05) is 23.2 Å². The second-order valence-corrected chi connectivity index (χ2v) is 3.16. The second kappa shape index (κ2) is 4.61. The smallest absolute Gasteiger partial charge is 0.272 e. The Labute approximate surface area is 88.8 Å². The van der Waals surface area contributed by atoms with Crippen LogP contribution in [0.2, 0.25) is 10.0 Å². The van der Waals surface area contributed by atoms with E-state index in [0.29, 0.717) is 0 Å². The number of nitrogen functional groups attached to an aromatic ring is 1. The van der Waals surface area contributed by atoms with Crippen LogP contribution in [0, 0.1) is 0 Å². The minimum absolute atomic E-state index is 0.0136. The van der Waals surface area contributed by atoms with Crippen LogP contribution in [0.5, 0.6) is 5.88 Å². The van der Waals surface area contributed by atoms with E-state index in [1.54, 1.807) is 0 Å². The monoisotopic (exact) mass is 242 g/mol. The second-order valence-electron chi connectivity index (χ2n) is 2.34. The van der Waals surface area contributed by atoms with Gasteiger partial charge in [-0.2, -0.15) is 4.98 Å². The van der Waals surface area contributed by atoms with Crippen molar-refractivity contribution in [3.63, 3.8) is 0 Å². The van der Waals surface area contributed by atoms with Crippen molar-refractivity contribution in [2.75, 3.05) is 12.3 Å². The number of hydrogen-bond acceptors (Lipinski definition) is 3. The van der Waals surface area contributed by atoms with E-state index in [1.165, 1.54) is 6.07 Å². The average Bonchev–Trinajstić information content (AvgIpc) is 2.09. The van der Waals surface area contributed by atoms with Gasteiger partial charge in [0, 0.05) is 0 Å². The quantitative estimate of drug-likeness (QED) is 0.887. The zero-order valence-corrected chi connectivity index (χ0v) is 8.32. The fraction of sp³-hybridized carbons (Fsp3) is 0.286. The summed E-state index contributed by atoms with van der Waals surface area (Å²) in [6, 6.07) is 1.28. The highest BCUT2D eigenvalue weighted by molar-refractivity contribution is 6.36. The number of rotatable bonds is 3. The summed E-state index contributed by atoms with van der Waals surface area (Å²) in [5, 5.41) is 0.198. The number of nitrogens with zero attached hydrogens (tertiary/aromatic N) is 1. The molecule has 1 heterocycles. The Balaban J connectivity index is 2.82. The summed E-state index contributed by atoms with van der Waals surface area (Å²) in [7, 11) is 0. The van der Waals surface area contributed by atoms with Gasteiger partial charge in [0.05, 0.1) is 5.02 Å². The molecule has 0 saturated carbocycles. The normalized spacial score (nSPS) is 10.6. The first kappa shape index (κ1) is 11.3. The molecule has 0 aliphatic rings. The minimum atomic E-state index is -2.59. The minimum Gasteiger partial charge on any atom is -0.470 e. The number of ether oxygens (including phenoxy) is 1. The third-order valence-electron chi connectivity index (χ3n) is 1.27. The van der Waals surface area contributed by atoms with Gasteiger partial charge in [-0.15, -0.1) is 0 Å². The van der Waals surface area contributed by atoms with E-state index >= 15 is 0 Å². The van der Waals surface area contributed by atoms with Gasteiger partial charge in [0.25, 0.3) is 6.43 Å². The fourth-order valence-electron chi connectivity index (χ4n) is 0.706. The lowest BCUT2D eigenvalue weighted by atomic mass is 10.4. The molecule has 1 aromatic heterocycles. The summed E-state index contributed by atoms with van der Waals surface area (Å²) in [5.74, 6) is -0.158. The standard InChI is InChI=1S/C7H6Cl2F2N2O/c8-3-1-4(9)7(13-6(3)12)14-2-5(10)11/h1,5H,2H2,(H2,12,13).